The molecule has 1 unspecified atom stereocenters. The van der Waals surface area contributed by atoms with Gasteiger partial charge in [-0.25, -0.2) is 14.4 Å². The average Bonchev–Trinajstić information content (AvgIpc) is 3.07. The van der Waals surface area contributed by atoms with Crippen molar-refractivity contribution in [3.05, 3.63) is 63.8 Å². The summed E-state index contributed by atoms with van der Waals surface area (Å²) in [6.45, 7) is 1.47. The Morgan fingerprint density at radius 2 is 2.20 bits per heavy atom. The van der Waals surface area contributed by atoms with Crippen molar-refractivity contribution in [2.45, 2.75) is 4.87 Å². The van der Waals surface area contributed by atoms with Crippen LogP contribution in [0.15, 0.2) is 68.0 Å². The highest BCUT2D eigenvalue weighted by Crippen LogP contribution is 2.48. The minimum atomic E-state index is -0.629. The third-order valence-electron chi connectivity index (χ3n) is 4.68. The molecule has 7 nitrogen and oxygen atoms in total. The Morgan fingerprint density at radius 1 is 1.37 bits per heavy atom. The summed E-state index contributed by atoms with van der Waals surface area (Å²) in [7, 11) is 3.98. The second-order valence-electron chi connectivity index (χ2n) is 7.19. The molecule has 1 aromatic rings. The standard InChI is InChI=1S/C20H21BrFN7S/c1-29(2)6-5-25-18(23)19-28-17-9-14(27-16-4-3-13(21)8-15(16)22)7-12-10-24-11-26-20(12,17)30-19/h3-4,7-11,27H,5-6H2,1-2H3,(H2,23,25)(H,24,26). The molecular weight excluding hydrogens is 469 g/mol. The monoisotopic (exact) mass is 489 g/mol. The van der Waals surface area contributed by atoms with E-state index in [0.717, 1.165) is 17.8 Å². The van der Waals surface area contributed by atoms with Crippen molar-refractivity contribution in [2.24, 2.45) is 9.98 Å². The number of allylic oxidation sites excluding steroid dienone is 1. The number of thioether (sulfide) groups is 1. The van der Waals surface area contributed by atoms with Crippen LogP contribution in [0.2, 0.25) is 0 Å². The number of likely N-dealkylation sites (N-methyl/N-ethyl adjacent to an activating group) is 1. The molecule has 0 aromatic heterocycles. The third-order valence-corrected chi connectivity index (χ3v) is 6.53. The maximum absolute atomic E-state index is 14.3. The van der Waals surface area contributed by atoms with Crippen LogP contribution < -0.4 is 16.0 Å². The molecule has 2 heterocycles. The van der Waals surface area contributed by atoms with E-state index in [2.05, 4.69) is 36.9 Å². The molecule has 0 amide bonds. The van der Waals surface area contributed by atoms with Gasteiger partial charge in [-0.15, -0.1) is 0 Å². The van der Waals surface area contributed by atoms with Gasteiger partial charge < -0.3 is 20.9 Å². The fraction of sp³-hybridized carbons (Fsp3) is 0.250. The van der Waals surface area contributed by atoms with Crippen LogP contribution in [0, 0.1) is 11.2 Å². The van der Waals surface area contributed by atoms with Gasteiger partial charge in [0.15, 0.2) is 10.7 Å². The molecule has 10 heteroatoms. The van der Waals surface area contributed by atoms with Crippen LogP contribution in [0.4, 0.5) is 10.1 Å². The Morgan fingerprint density at radius 3 is 2.97 bits per heavy atom. The van der Waals surface area contributed by atoms with Crippen LogP contribution in [0.5, 0.6) is 0 Å². The fourth-order valence-corrected chi connectivity index (χ4v) is 4.66. The van der Waals surface area contributed by atoms with E-state index in [-0.39, 0.29) is 11.7 Å². The minimum Gasteiger partial charge on any atom is -0.367 e. The summed E-state index contributed by atoms with van der Waals surface area (Å²) >= 11 is 4.74. The van der Waals surface area contributed by atoms with Gasteiger partial charge in [-0.05, 0) is 44.4 Å². The molecule has 4 N–H and O–H groups in total. The summed E-state index contributed by atoms with van der Waals surface area (Å²) in [6.07, 6.45) is 7.19. The molecule has 3 aliphatic rings. The first-order chi connectivity index (χ1) is 14.4. The molecule has 0 fully saturated rings. The van der Waals surface area contributed by atoms with Crippen LogP contribution >= 0.6 is 27.7 Å². The summed E-state index contributed by atoms with van der Waals surface area (Å²) in [5.74, 6) is -0.0743. The van der Waals surface area contributed by atoms with Gasteiger partial charge in [-0.3, -0.25) is 5.41 Å². The number of hydrogen-bond donors (Lipinski definition) is 4. The number of nitrogens with one attached hydrogen (secondary N) is 4. The predicted octanol–water partition coefficient (Wildman–Crippen LogP) is 3.27. The first-order valence-electron chi connectivity index (χ1n) is 9.28. The first kappa shape index (κ1) is 20.8. The van der Waals surface area contributed by atoms with E-state index in [1.54, 1.807) is 24.7 Å². The number of amidine groups is 1. The zero-order chi connectivity index (χ0) is 21.3. The van der Waals surface area contributed by atoms with Gasteiger partial charge in [0.05, 0.1) is 17.7 Å². The number of aliphatic imine (C=N–C) groups is 2. The zero-order valence-corrected chi connectivity index (χ0v) is 18.9. The van der Waals surface area contributed by atoms with Gasteiger partial charge in [-0.2, -0.15) is 0 Å². The van der Waals surface area contributed by atoms with E-state index in [0.29, 0.717) is 27.4 Å². The smallest absolute Gasteiger partial charge is 0.161 e. The zero-order valence-electron chi connectivity index (χ0n) is 16.5. The highest BCUT2D eigenvalue weighted by atomic mass is 79.9. The van der Waals surface area contributed by atoms with E-state index in [4.69, 9.17) is 10.4 Å². The number of halogens is 2. The van der Waals surface area contributed by atoms with Gasteiger partial charge >= 0.3 is 0 Å². The molecule has 156 valence electrons. The molecule has 0 radical (unpaired) electrons. The van der Waals surface area contributed by atoms with E-state index in [1.165, 1.54) is 17.8 Å². The Balaban J connectivity index is 1.60. The largest absolute Gasteiger partial charge is 0.367 e. The lowest BCUT2D eigenvalue weighted by molar-refractivity contribution is 0.413. The topological polar surface area (TPSA) is 87.9 Å². The third kappa shape index (κ3) is 4.07. The van der Waals surface area contributed by atoms with Crippen molar-refractivity contribution in [1.29, 1.82) is 5.41 Å². The van der Waals surface area contributed by atoms with Gasteiger partial charge in [0.1, 0.15) is 10.9 Å². The second kappa shape index (κ2) is 8.37. The van der Waals surface area contributed by atoms with E-state index < -0.39 is 4.87 Å². The van der Waals surface area contributed by atoms with Crippen molar-refractivity contribution in [3.8, 4) is 0 Å². The van der Waals surface area contributed by atoms with Crippen molar-refractivity contribution < 1.29 is 4.39 Å². The van der Waals surface area contributed by atoms with E-state index >= 15 is 0 Å². The van der Waals surface area contributed by atoms with Gasteiger partial charge in [0.2, 0.25) is 0 Å². The Hall–Kier alpha value is -2.43. The Bertz CT molecular complexity index is 1040. The molecule has 2 aliphatic heterocycles. The SMILES string of the molecule is CN(C)CCNC(=N)C1=NC2=CC(Nc3ccc(Br)cc3F)=CC3=CN=CNC32S1. The molecule has 1 aliphatic carbocycles. The molecule has 0 saturated carbocycles. The summed E-state index contributed by atoms with van der Waals surface area (Å²) in [5, 5.41) is 18.5. The fourth-order valence-electron chi connectivity index (χ4n) is 3.17. The number of benzene rings is 1. The normalized spacial score (nSPS) is 21.6. The van der Waals surface area contributed by atoms with Crippen LogP contribution in [0.25, 0.3) is 0 Å². The number of hydrogen-bond acceptors (Lipinski definition) is 7. The highest BCUT2D eigenvalue weighted by molar-refractivity contribution is 9.10. The first-order valence-corrected chi connectivity index (χ1v) is 10.9. The van der Waals surface area contributed by atoms with Crippen molar-refractivity contribution in [2.75, 3.05) is 32.5 Å². The van der Waals surface area contributed by atoms with Crippen LogP contribution in [-0.4, -0.2) is 54.2 Å². The molecule has 0 saturated heterocycles. The molecule has 1 atom stereocenters. The number of nitrogens with zero attached hydrogens (tertiary/aromatic N) is 3. The van der Waals surface area contributed by atoms with Crippen molar-refractivity contribution >= 4 is 50.6 Å². The predicted molar refractivity (Wildman–Crippen MR) is 126 cm³/mol. The summed E-state index contributed by atoms with van der Waals surface area (Å²) in [6, 6.07) is 4.87. The molecule has 4 rings (SSSR count). The highest BCUT2D eigenvalue weighted by Gasteiger charge is 2.47. The van der Waals surface area contributed by atoms with Crippen molar-refractivity contribution in [3.63, 3.8) is 0 Å². The average molecular weight is 490 g/mol. The van der Waals surface area contributed by atoms with Crippen LogP contribution in [0.1, 0.15) is 0 Å². The number of anilines is 1. The summed E-state index contributed by atoms with van der Waals surface area (Å²) in [5.41, 5.74) is 2.69. The number of rotatable bonds is 6. The lowest BCUT2D eigenvalue weighted by atomic mass is 9.96. The molecular formula is C20H21BrFN7S. The van der Waals surface area contributed by atoms with Crippen LogP contribution in [0.3, 0.4) is 0 Å². The quantitative estimate of drug-likeness (QED) is 0.363. The van der Waals surface area contributed by atoms with Crippen molar-refractivity contribution in [1.82, 2.24) is 15.5 Å². The minimum absolute atomic E-state index is 0.281. The lowest BCUT2D eigenvalue weighted by Gasteiger charge is -2.35. The second-order valence-corrected chi connectivity index (χ2v) is 9.31. The van der Waals surface area contributed by atoms with Gasteiger partial charge in [0.25, 0.3) is 0 Å². The molecule has 30 heavy (non-hydrogen) atoms. The summed E-state index contributed by atoms with van der Waals surface area (Å²) in [4.78, 5) is 10.3. The lowest BCUT2D eigenvalue weighted by Crippen LogP contribution is -2.46. The maximum atomic E-state index is 14.3. The van der Waals surface area contributed by atoms with E-state index in [9.17, 15) is 4.39 Å². The Kier molecular flexibility index (Phi) is 5.81. The summed E-state index contributed by atoms with van der Waals surface area (Å²) < 4.78 is 15.0. The van der Waals surface area contributed by atoms with Gasteiger partial charge in [-0.1, -0.05) is 27.7 Å². The Labute approximate surface area is 186 Å². The maximum Gasteiger partial charge on any atom is 0.161 e. The molecule has 1 aromatic carbocycles. The van der Waals surface area contributed by atoms with Crippen LogP contribution in [-0.2, 0) is 0 Å². The molecule has 1 spiro atoms. The molecule has 0 bridgehead atoms. The van der Waals surface area contributed by atoms with E-state index in [1.807, 2.05) is 31.1 Å². The van der Waals surface area contributed by atoms with Gasteiger partial charge in [0, 0.05) is 35.0 Å².